The standard InChI is InChI=1S/C28H16Br2O6/c29-23-19(25(31)17-9-3-1-4-10-17)13-7-15-21(23)27(33)35-36-28(34)22-16-8-14-20(24(22)30)26(32)18-11-5-2-6-12-18/h1-16H. The average Bonchev–Trinajstić information content (AvgIpc) is 2.92. The molecule has 0 saturated heterocycles. The van der Waals surface area contributed by atoms with Gasteiger partial charge in [-0.05, 0) is 56.1 Å². The van der Waals surface area contributed by atoms with Crippen molar-refractivity contribution in [3.8, 4) is 0 Å². The quantitative estimate of drug-likeness (QED) is 0.139. The van der Waals surface area contributed by atoms with Gasteiger partial charge in [0.1, 0.15) is 0 Å². The Morgan fingerprint density at radius 2 is 0.778 bits per heavy atom. The molecular weight excluding hydrogens is 592 g/mol. The summed E-state index contributed by atoms with van der Waals surface area (Å²) in [4.78, 5) is 60.5. The van der Waals surface area contributed by atoms with Crippen LogP contribution in [-0.2, 0) is 9.78 Å². The molecule has 0 aliphatic carbocycles. The molecule has 0 radical (unpaired) electrons. The molecule has 6 nitrogen and oxygen atoms in total. The van der Waals surface area contributed by atoms with E-state index < -0.39 is 11.9 Å². The Morgan fingerprint density at radius 3 is 1.14 bits per heavy atom. The fourth-order valence-corrected chi connectivity index (χ4v) is 4.60. The predicted octanol–water partition coefficient (Wildman–Crippen LogP) is 6.60. The summed E-state index contributed by atoms with van der Waals surface area (Å²) < 4.78 is 0.410. The van der Waals surface area contributed by atoms with Crippen molar-refractivity contribution in [2.75, 3.05) is 0 Å². The number of ketones is 2. The van der Waals surface area contributed by atoms with Crippen molar-refractivity contribution in [3.05, 3.63) is 139 Å². The van der Waals surface area contributed by atoms with Gasteiger partial charge in [0.15, 0.2) is 11.6 Å². The lowest BCUT2D eigenvalue weighted by atomic mass is 10.0. The second-order valence-electron chi connectivity index (χ2n) is 7.47. The summed E-state index contributed by atoms with van der Waals surface area (Å²) in [6, 6.07) is 26.2. The van der Waals surface area contributed by atoms with Crippen LogP contribution in [0.4, 0.5) is 0 Å². The van der Waals surface area contributed by atoms with Crippen LogP contribution in [0.5, 0.6) is 0 Å². The second-order valence-corrected chi connectivity index (χ2v) is 9.05. The topological polar surface area (TPSA) is 86.7 Å². The zero-order valence-electron chi connectivity index (χ0n) is 18.4. The lowest BCUT2D eigenvalue weighted by Gasteiger charge is -2.10. The van der Waals surface area contributed by atoms with Gasteiger partial charge in [0.2, 0.25) is 0 Å². The van der Waals surface area contributed by atoms with Gasteiger partial charge in [0.05, 0.1) is 11.1 Å². The number of rotatable bonds is 6. The van der Waals surface area contributed by atoms with Crippen molar-refractivity contribution >= 4 is 55.4 Å². The molecule has 0 N–H and O–H groups in total. The summed E-state index contributed by atoms with van der Waals surface area (Å²) in [5.74, 6) is -2.55. The zero-order chi connectivity index (χ0) is 25.7. The van der Waals surface area contributed by atoms with Crippen molar-refractivity contribution < 1.29 is 29.0 Å². The van der Waals surface area contributed by atoms with Gasteiger partial charge in [0.25, 0.3) is 0 Å². The molecule has 36 heavy (non-hydrogen) atoms. The Balaban J connectivity index is 1.50. The van der Waals surface area contributed by atoms with Crippen LogP contribution >= 0.6 is 31.9 Å². The monoisotopic (exact) mass is 606 g/mol. The van der Waals surface area contributed by atoms with E-state index in [0.29, 0.717) is 11.1 Å². The molecule has 0 aliphatic rings. The van der Waals surface area contributed by atoms with Crippen LogP contribution in [0.1, 0.15) is 52.6 Å². The third-order valence-electron chi connectivity index (χ3n) is 5.19. The minimum absolute atomic E-state index is 0.00310. The number of hydrogen-bond acceptors (Lipinski definition) is 6. The second kappa shape index (κ2) is 11.2. The van der Waals surface area contributed by atoms with E-state index in [-0.39, 0.29) is 42.8 Å². The molecule has 0 fully saturated rings. The summed E-state index contributed by atoms with van der Waals surface area (Å²) >= 11 is 6.57. The Bertz CT molecular complexity index is 1350. The molecule has 0 bridgehead atoms. The summed E-state index contributed by atoms with van der Waals surface area (Å²) in [6.45, 7) is 0. The first kappa shape index (κ1) is 25.2. The third-order valence-corrected chi connectivity index (χ3v) is 6.90. The molecule has 0 aliphatic heterocycles. The molecule has 4 aromatic carbocycles. The third kappa shape index (κ3) is 5.35. The minimum atomic E-state index is -0.981. The minimum Gasteiger partial charge on any atom is -0.289 e. The molecule has 0 atom stereocenters. The molecule has 0 heterocycles. The Hall–Kier alpha value is -3.88. The van der Waals surface area contributed by atoms with Gasteiger partial charge in [-0.3, -0.25) is 9.59 Å². The van der Waals surface area contributed by atoms with Gasteiger partial charge < -0.3 is 0 Å². The van der Waals surface area contributed by atoms with Crippen LogP contribution in [0, 0.1) is 0 Å². The van der Waals surface area contributed by atoms with E-state index >= 15 is 0 Å². The van der Waals surface area contributed by atoms with Gasteiger partial charge in [0, 0.05) is 31.2 Å². The van der Waals surface area contributed by atoms with Gasteiger partial charge in [-0.15, -0.1) is 0 Å². The Morgan fingerprint density at radius 1 is 0.444 bits per heavy atom. The van der Waals surface area contributed by atoms with E-state index in [2.05, 4.69) is 31.9 Å². The fourth-order valence-electron chi connectivity index (χ4n) is 3.39. The lowest BCUT2D eigenvalue weighted by Crippen LogP contribution is -2.15. The normalized spacial score (nSPS) is 10.4. The van der Waals surface area contributed by atoms with E-state index in [4.69, 9.17) is 9.78 Å². The zero-order valence-corrected chi connectivity index (χ0v) is 21.6. The number of carbonyl (C=O) groups excluding carboxylic acids is 4. The van der Waals surface area contributed by atoms with E-state index in [1.807, 2.05) is 0 Å². The highest BCUT2D eigenvalue weighted by atomic mass is 79.9. The van der Waals surface area contributed by atoms with E-state index in [1.165, 1.54) is 24.3 Å². The molecule has 178 valence electrons. The van der Waals surface area contributed by atoms with E-state index in [9.17, 15) is 19.2 Å². The van der Waals surface area contributed by atoms with Gasteiger partial charge in [-0.25, -0.2) is 19.4 Å². The molecule has 0 amide bonds. The van der Waals surface area contributed by atoms with Crippen LogP contribution in [0.15, 0.2) is 106 Å². The van der Waals surface area contributed by atoms with Crippen molar-refractivity contribution in [2.24, 2.45) is 0 Å². The van der Waals surface area contributed by atoms with E-state index in [0.717, 1.165) is 0 Å². The first-order valence-electron chi connectivity index (χ1n) is 10.6. The van der Waals surface area contributed by atoms with Crippen LogP contribution < -0.4 is 0 Å². The van der Waals surface area contributed by atoms with Crippen molar-refractivity contribution in [3.63, 3.8) is 0 Å². The molecule has 4 aromatic rings. The maximum atomic E-state index is 12.8. The SMILES string of the molecule is O=C(OOC(=O)c1cccc(C(=O)c2ccccc2)c1Br)c1cccc(C(=O)c2ccccc2)c1Br. The number of carbonyl (C=O) groups is 4. The molecule has 0 aromatic heterocycles. The molecule has 0 saturated carbocycles. The maximum absolute atomic E-state index is 12.8. The Kier molecular flexibility index (Phi) is 7.87. The average molecular weight is 608 g/mol. The maximum Gasteiger partial charge on any atom is 0.387 e. The molecule has 8 heteroatoms. The smallest absolute Gasteiger partial charge is 0.289 e. The first-order chi connectivity index (χ1) is 17.4. The van der Waals surface area contributed by atoms with Crippen LogP contribution in [0.3, 0.4) is 0 Å². The van der Waals surface area contributed by atoms with Gasteiger partial charge in [-0.1, -0.05) is 72.8 Å². The molecular formula is C28H16Br2O6. The number of hydrogen-bond donors (Lipinski definition) is 0. The van der Waals surface area contributed by atoms with Crippen LogP contribution in [0.25, 0.3) is 0 Å². The molecule has 0 unspecified atom stereocenters. The highest BCUT2D eigenvalue weighted by Gasteiger charge is 2.24. The predicted molar refractivity (Wildman–Crippen MR) is 139 cm³/mol. The first-order valence-corrected chi connectivity index (χ1v) is 12.2. The highest BCUT2D eigenvalue weighted by molar-refractivity contribution is 9.11. The summed E-state index contributed by atoms with van der Waals surface area (Å²) in [6.07, 6.45) is 0. The summed E-state index contributed by atoms with van der Waals surface area (Å²) in [5.41, 5.74) is 1.39. The summed E-state index contributed by atoms with van der Waals surface area (Å²) in [5, 5.41) is 0. The van der Waals surface area contributed by atoms with Crippen LogP contribution in [0.2, 0.25) is 0 Å². The van der Waals surface area contributed by atoms with Crippen molar-refractivity contribution in [2.45, 2.75) is 0 Å². The highest BCUT2D eigenvalue weighted by Crippen LogP contribution is 2.27. The van der Waals surface area contributed by atoms with Crippen molar-refractivity contribution in [1.82, 2.24) is 0 Å². The van der Waals surface area contributed by atoms with Gasteiger partial charge >= 0.3 is 11.9 Å². The van der Waals surface area contributed by atoms with Crippen LogP contribution in [-0.4, -0.2) is 23.5 Å². The largest absolute Gasteiger partial charge is 0.387 e. The molecule has 0 spiro atoms. The lowest BCUT2D eigenvalue weighted by molar-refractivity contribution is -0.187. The van der Waals surface area contributed by atoms with Gasteiger partial charge in [-0.2, -0.15) is 0 Å². The number of halogens is 2. The summed E-state index contributed by atoms with van der Waals surface area (Å²) in [7, 11) is 0. The van der Waals surface area contributed by atoms with E-state index in [1.54, 1.807) is 72.8 Å². The van der Waals surface area contributed by atoms with Crippen molar-refractivity contribution in [1.29, 1.82) is 0 Å². The Labute approximate surface area is 223 Å². The fraction of sp³-hybridized carbons (Fsp3) is 0. The molecule has 4 rings (SSSR count). The number of benzene rings is 4.